The summed E-state index contributed by atoms with van der Waals surface area (Å²) >= 11 is 0. The van der Waals surface area contributed by atoms with Crippen molar-refractivity contribution < 1.29 is 34.7 Å². The molecule has 0 saturated carbocycles. The number of hydrogen-bond acceptors (Lipinski definition) is 7. The van der Waals surface area contributed by atoms with Gasteiger partial charge in [0.1, 0.15) is 30.5 Å². The van der Waals surface area contributed by atoms with Gasteiger partial charge in [-0.25, -0.2) is 0 Å². The van der Waals surface area contributed by atoms with Crippen molar-refractivity contribution in [2.75, 3.05) is 13.7 Å². The van der Waals surface area contributed by atoms with E-state index in [-0.39, 0.29) is 6.54 Å². The lowest BCUT2D eigenvalue weighted by Crippen LogP contribution is -2.62. The number of hydrogen-bond donors (Lipinski definition) is 5. The highest BCUT2D eigenvalue weighted by atomic mass is 16.7. The maximum absolute atomic E-state index is 11.8. The molecule has 1 heterocycles. The molecule has 25 heavy (non-hydrogen) atoms. The number of carbonyl (C=O) groups is 1. The minimum atomic E-state index is -1.54. The van der Waals surface area contributed by atoms with E-state index in [1.165, 1.54) is 13.2 Å². The topological polar surface area (TPSA) is 128 Å². The number of aliphatic hydroxyl groups excluding tert-OH is 4. The lowest BCUT2D eigenvalue weighted by atomic mass is 9.95. The monoisotopic (exact) mass is 353 g/mol. The summed E-state index contributed by atoms with van der Waals surface area (Å²) in [4.78, 5) is 11.8. The van der Waals surface area contributed by atoms with Gasteiger partial charge in [0.2, 0.25) is 5.91 Å². The number of amides is 1. The van der Waals surface area contributed by atoms with Crippen LogP contribution in [-0.4, -0.2) is 76.8 Å². The Morgan fingerprint density at radius 1 is 1.24 bits per heavy atom. The number of ether oxygens (including phenoxy) is 2. The second-order valence-corrected chi connectivity index (χ2v) is 5.73. The second-order valence-electron chi connectivity index (χ2n) is 5.73. The quantitative estimate of drug-likeness (QED) is 0.399. The standard InChI is InChI=1S/C17H23NO7/c1-24-17-15(23)13(21)14(22)16(25-17)11(19)9-18-12(20)8-7-10-5-3-2-4-6-10/h2-8,11,13-17,19,21-23H,9H2,1H3,(H,18,20)/b8-7+/t11-,13-,14-,15-,16+,17-/m1/s1. The van der Waals surface area contributed by atoms with Crippen molar-refractivity contribution in [3.63, 3.8) is 0 Å². The van der Waals surface area contributed by atoms with Crippen molar-refractivity contribution >= 4 is 12.0 Å². The number of nitrogens with one attached hydrogen (secondary N) is 1. The molecule has 0 aliphatic carbocycles. The Morgan fingerprint density at radius 2 is 1.92 bits per heavy atom. The third kappa shape index (κ3) is 5.08. The molecule has 8 heteroatoms. The van der Waals surface area contributed by atoms with E-state index in [1.54, 1.807) is 6.08 Å². The van der Waals surface area contributed by atoms with Gasteiger partial charge < -0.3 is 35.2 Å². The third-order valence-electron chi connectivity index (χ3n) is 3.93. The van der Waals surface area contributed by atoms with E-state index < -0.39 is 42.7 Å². The van der Waals surface area contributed by atoms with Crippen LogP contribution in [0.25, 0.3) is 6.08 Å². The molecular weight excluding hydrogens is 330 g/mol. The average Bonchev–Trinajstić information content (AvgIpc) is 2.63. The Bertz CT molecular complexity index is 578. The molecule has 0 aromatic heterocycles. The fourth-order valence-electron chi connectivity index (χ4n) is 2.50. The fourth-order valence-corrected chi connectivity index (χ4v) is 2.50. The van der Waals surface area contributed by atoms with E-state index in [1.807, 2.05) is 30.3 Å². The van der Waals surface area contributed by atoms with Crippen molar-refractivity contribution in [2.24, 2.45) is 0 Å². The van der Waals surface area contributed by atoms with Crippen molar-refractivity contribution in [1.82, 2.24) is 5.32 Å². The summed E-state index contributed by atoms with van der Waals surface area (Å²) in [6.45, 7) is -0.209. The van der Waals surface area contributed by atoms with Crippen molar-refractivity contribution in [3.05, 3.63) is 42.0 Å². The molecule has 0 radical (unpaired) electrons. The average molecular weight is 353 g/mol. The van der Waals surface area contributed by atoms with Gasteiger partial charge in [0.15, 0.2) is 6.29 Å². The Kier molecular flexibility index (Phi) is 7.06. The van der Waals surface area contributed by atoms with Gasteiger partial charge in [0, 0.05) is 19.7 Å². The highest BCUT2D eigenvalue weighted by Gasteiger charge is 2.46. The normalized spacial score (nSPS) is 31.0. The number of methoxy groups -OCH3 is 1. The summed E-state index contributed by atoms with van der Waals surface area (Å²) in [5.41, 5.74) is 0.851. The molecule has 1 aromatic carbocycles. The molecule has 0 bridgehead atoms. The predicted molar refractivity (Wildman–Crippen MR) is 88.2 cm³/mol. The summed E-state index contributed by atoms with van der Waals surface area (Å²) in [6.07, 6.45) is -5.27. The maximum atomic E-state index is 11.8. The van der Waals surface area contributed by atoms with Crippen molar-refractivity contribution in [2.45, 2.75) is 36.8 Å². The van der Waals surface area contributed by atoms with Gasteiger partial charge in [0.05, 0.1) is 0 Å². The summed E-state index contributed by atoms with van der Waals surface area (Å²) in [6, 6.07) is 9.22. The molecule has 1 amide bonds. The van der Waals surface area contributed by atoms with Crippen LogP contribution in [0.3, 0.4) is 0 Å². The zero-order valence-electron chi connectivity index (χ0n) is 13.7. The summed E-state index contributed by atoms with van der Waals surface area (Å²) in [5, 5.41) is 42.0. The number of aliphatic hydroxyl groups is 4. The zero-order valence-corrected chi connectivity index (χ0v) is 13.7. The molecule has 1 fully saturated rings. The molecule has 0 unspecified atom stereocenters. The molecular formula is C17H23NO7. The van der Waals surface area contributed by atoms with Crippen LogP contribution in [-0.2, 0) is 14.3 Å². The van der Waals surface area contributed by atoms with Crippen LogP contribution in [0, 0.1) is 0 Å². The Balaban J connectivity index is 1.87. The third-order valence-corrected chi connectivity index (χ3v) is 3.93. The number of rotatable bonds is 6. The van der Waals surface area contributed by atoms with Gasteiger partial charge in [-0.2, -0.15) is 0 Å². The van der Waals surface area contributed by atoms with E-state index in [0.717, 1.165) is 5.56 Å². The first-order valence-electron chi connectivity index (χ1n) is 7.85. The highest BCUT2D eigenvalue weighted by Crippen LogP contribution is 2.23. The van der Waals surface area contributed by atoms with Crippen LogP contribution in [0.15, 0.2) is 36.4 Å². The Morgan fingerprint density at radius 3 is 2.56 bits per heavy atom. The lowest BCUT2D eigenvalue weighted by molar-refractivity contribution is -0.303. The molecule has 0 spiro atoms. The van der Waals surface area contributed by atoms with Gasteiger partial charge in [-0.1, -0.05) is 30.3 Å². The van der Waals surface area contributed by atoms with Gasteiger partial charge in [-0.15, -0.1) is 0 Å². The van der Waals surface area contributed by atoms with Crippen LogP contribution in [0.1, 0.15) is 5.56 Å². The fraction of sp³-hybridized carbons (Fsp3) is 0.471. The molecule has 8 nitrogen and oxygen atoms in total. The first kappa shape index (κ1) is 19.5. The van der Waals surface area contributed by atoms with E-state index >= 15 is 0 Å². The maximum Gasteiger partial charge on any atom is 0.244 e. The molecule has 1 saturated heterocycles. The molecule has 1 aromatic rings. The minimum absolute atomic E-state index is 0.209. The Labute approximate surface area is 145 Å². The van der Waals surface area contributed by atoms with E-state index in [4.69, 9.17) is 9.47 Å². The SMILES string of the molecule is CO[C@@H]1O[C@@H]([C@H](O)CNC(=O)/C=C/c2ccccc2)[C@H](O)[C@@H](O)[C@H]1O. The first-order chi connectivity index (χ1) is 11.9. The van der Waals surface area contributed by atoms with E-state index in [0.29, 0.717) is 0 Å². The van der Waals surface area contributed by atoms with Crippen molar-refractivity contribution in [3.8, 4) is 0 Å². The molecule has 1 aliphatic rings. The molecule has 1 aliphatic heterocycles. The van der Waals surface area contributed by atoms with Gasteiger partial charge in [-0.3, -0.25) is 4.79 Å². The zero-order chi connectivity index (χ0) is 18.4. The number of benzene rings is 1. The van der Waals surface area contributed by atoms with Gasteiger partial charge in [-0.05, 0) is 11.6 Å². The highest BCUT2D eigenvalue weighted by molar-refractivity contribution is 5.91. The van der Waals surface area contributed by atoms with Gasteiger partial charge >= 0.3 is 0 Å². The smallest absolute Gasteiger partial charge is 0.244 e. The van der Waals surface area contributed by atoms with Gasteiger partial charge in [0.25, 0.3) is 0 Å². The summed E-state index contributed by atoms with van der Waals surface area (Å²) < 4.78 is 10.1. The number of carbonyl (C=O) groups excluding carboxylic acids is 1. The molecule has 2 rings (SSSR count). The largest absolute Gasteiger partial charge is 0.388 e. The van der Waals surface area contributed by atoms with E-state index in [9.17, 15) is 25.2 Å². The molecule has 5 N–H and O–H groups in total. The predicted octanol–water partition coefficient (Wildman–Crippen LogP) is -1.37. The van der Waals surface area contributed by atoms with Crippen LogP contribution in [0.2, 0.25) is 0 Å². The van der Waals surface area contributed by atoms with Crippen LogP contribution in [0.5, 0.6) is 0 Å². The van der Waals surface area contributed by atoms with E-state index in [2.05, 4.69) is 5.32 Å². The van der Waals surface area contributed by atoms with Crippen LogP contribution < -0.4 is 5.32 Å². The summed E-state index contributed by atoms with van der Waals surface area (Å²) in [5.74, 6) is -0.433. The second kappa shape index (κ2) is 9.04. The first-order valence-corrected chi connectivity index (χ1v) is 7.85. The molecule has 6 atom stereocenters. The summed E-state index contributed by atoms with van der Waals surface area (Å²) in [7, 11) is 1.26. The van der Waals surface area contributed by atoms with Crippen LogP contribution >= 0.6 is 0 Å². The van der Waals surface area contributed by atoms with Crippen molar-refractivity contribution in [1.29, 1.82) is 0 Å². The minimum Gasteiger partial charge on any atom is -0.388 e. The molecule has 138 valence electrons. The Hall–Kier alpha value is -1.81. The lowest BCUT2D eigenvalue weighted by Gasteiger charge is -2.41. The van der Waals surface area contributed by atoms with Crippen LogP contribution in [0.4, 0.5) is 0 Å².